The predicted molar refractivity (Wildman–Crippen MR) is 60.9 cm³/mol. The van der Waals surface area contributed by atoms with Gasteiger partial charge in [0.2, 0.25) is 0 Å². The van der Waals surface area contributed by atoms with Crippen molar-refractivity contribution in [1.82, 2.24) is 10.2 Å². The van der Waals surface area contributed by atoms with Crippen LogP contribution < -0.4 is 5.32 Å². The van der Waals surface area contributed by atoms with Crippen LogP contribution in [0.4, 0.5) is 4.39 Å². The third-order valence-corrected chi connectivity index (χ3v) is 2.97. The molecule has 0 bridgehead atoms. The van der Waals surface area contributed by atoms with Crippen molar-refractivity contribution in [2.45, 2.75) is 13.5 Å². The lowest BCUT2D eigenvalue weighted by atomic mass is 10.1. The number of benzene rings is 1. The molecule has 1 aliphatic rings. The molecule has 0 spiro atoms. The van der Waals surface area contributed by atoms with Crippen LogP contribution in [0.1, 0.15) is 11.1 Å². The molecule has 1 heterocycles. The molecule has 2 rings (SSSR count). The smallest absolute Gasteiger partial charge is 0.128 e. The van der Waals surface area contributed by atoms with Gasteiger partial charge in [-0.1, -0.05) is 0 Å². The molecule has 1 aromatic rings. The molecule has 0 atom stereocenters. The molecule has 3 nitrogen and oxygen atoms in total. The molecule has 0 unspecified atom stereocenters. The van der Waals surface area contributed by atoms with Gasteiger partial charge in [0.15, 0.2) is 0 Å². The van der Waals surface area contributed by atoms with E-state index in [9.17, 15) is 9.50 Å². The summed E-state index contributed by atoms with van der Waals surface area (Å²) < 4.78 is 13.6. The van der Waals surface area contributed by atoms with Crippen molar-refractivity contribution in [2.75, 3.05) is 26.2 Å². The number of phenols is 1. The standard InChI is InChI=1S/C12H17FN2O/c1-9-6-11(13)10(7-12(9)16)8-15-4-2-14-3-5-15/h6-7,14,16H,2-5,8H2,1H3. The summed E-state index contributed by atoms with van der Waals surface area (Å²) in [6.07, 6.45) is 0. The van der Waals surface area contributed by atoms with E-state index >= 15 is 0 Å². The van der Waals surface area contributed by atoms with Crippen molar-refractivity contribution in [3.8, 4) is 5.75 Å². The molecule has 4 heteroatoms. The van der Waals surface area contributed by atoms with E-state index in [1.165, 1.54) is 12.1 Å². The summed E-state index contributed by atoms with van der Waals surface area (Å²) >= 11 is 0. The van der Waals surface area contributed by atoms with E-state index in [0.29, 0.717) is 17.7 Å². The lowest BCUT2D eigenvalue weighted by Gasteiger charge is -2.27. The molecule has 0 aliphatic carbocycles. The summed E-state index contributed by atoms with van der Waals surface area (Å²) in [5, 5.41) is 12.8. The molecule has 2 N–H and O–H groups in total. The molecule has 1 aromatic carbocycles. The van der Waals surface area contributed by atoms with Gasteiger partial charge in [-0.2, -0.15) is 0 Å². The summed E-state index contributed by atoms with van der Waals surface area (Å²) in [6.45, 7) is 6.01. The molecule has 0 radical (unpaired) electrons. The number of nitrogens with zero attached hydrogens (tertiary/aromatic N) is 1. The molecule has 16 heavy (non-hydrogen) atoms. The van der Waals surface area contributed by atoms with Gasteiger partial charge in [0.25, 0.3) is 0 Å². The average molecular weight is 224 g/mol. The fourth-order valence-electron chi connectivity index (χ4n) is 1.94. The summed E-state index contributed by atoms with van der Waals surface area (Å²) in [4.78, 5) is 2.18. The van der Waals surface area contributed by atoms with E-state index in [1.807, 2.05) is 0 Å². The van der Waals surface area contributed by atoms with E-state index in [4.69, 9.17) is 0 Å². The molecule has 88 valence electrons. The molecule has 1 saturated heterocycles. The topological polar surface area (TPSA) is 35.5 Å². The maximum atomic E-state index is 13.6. The first-order chi connectivity index (χ1) is 7.66. The Labute approximate surface area is 94.9 Å². The van der Waals surface area contributed by atoms with Gasteiger partial charge in [0.05, 0.1) is 0 Å². The first-order valence-electron chi connectivity index (χ1n) is 5.58. The van der Waals surface area contributed by atoms with Crippen LogP contribution in [0.3, 0.4) is 0 Å². The van der Waals surface area contributed by atoms with Crippen LogP contribution in [0.25, 0.3) is 0 Å². The summed E-state index contributed by atoms with van der Waals surface area (Å²) in [5.74, 6) is -0.0552. The van der Waals surface area contributed by atoms with Gasteiger partial charge in [-0.05, 0) is 24.6 Å². The number of rotatable bonds is 2. The minimum atomic E-state index is -0.228. The van der Waals surface area contributed by atoms with Crippen molar-refractivity contribution in [1.29, 1.82) is 0 Å². The molecule has 1 aliphatic heterocycles. The van der Waals surface area contributed by atoms with Crippen LogP contribution in [0.2, 0.25) is 0 Å². The number of aromatic hydroxyl groups is 1. The van der Waals surface area contributed by atoms with Crippen LogP contribution in [0.5, 0.6) is 5.75 Å². The molecule has 0 saturated carbocycles. The number of piperazine rings is 1. The second-order valence-electron chi connectivity index (χ2n) is 4.26. The van der Waals surface area contributed by atoms with Gasteiger partial charge >= 0.3 is 0 Å². The molecule has 0 aromatic heterocycles. The molecule has 0 amide bonds. The Morgan fingerprint density at radius 2 is 2.06 bits per heavy atom. The fraction of sp³-hybridized carbons (Fsp3) is 0.500. The first-order valence-corrected chi connectivity index (χ1v) is 5.58. The lowest BCUT2D eigenvalue weighted by Crippen LogP contribution is -2.43. The van der Waals surface area contributed by atoms with Gasteiger partial charge in [-0.3, -0.25) is 4.90 Å². The van der Waals surface area contributed by atoms with Crippen LogP contribution in [-0.4, -0.2) is 36.2 Å². The minimum absolute atomic E-state index is 0.173. The van der Waals surface area contributed by atoms with Gasteiger partial charge in [0.1, 0.15) is 11.6 Å². The van der Waals surface area contributed by atoms with Crippen molar-refractivity contribution >= 4 is 0 Å². The SMILES string of the molecule is Cc1cc(F)c(CN2CCNCC2)cc1O. The lowest BCUT2D eigenvalue weighted by molar-refractivity contribution is 0.230. The van der Waals surface area contributed by atoms with Crippen LogP contribution >= 0.6 is 0 Å². The van der Waals surface area contributed by atoms with Gasteiger partial charge in [0, 0.05) is 38.3 Å². The highest BCUT2D eigenvalue weighted by Crippen LogP contribution is 2.22. The number of halogens is 1. The maximum absolute atomic E-state index is 13.6. The van der Waals surface area contributed by atoms with E-state index in [0.717, 1.165) is 26.2 Å². The Hall–Kier alpha value is -1.13. The van der Waals surface area contributed by atoms with E-state index < -0.39 is 0 Å². The quantitative estimate of drug-likeness (QED) is 0.793. The minimum Gasteiger partial charge on any atom is -0.508 e. The van der Waals surface area contributed by atoms with Crippen molar-refractivity contribution in [3.05, 3.63) is 29.1 Å². The Morgan fingerprint density at radius 1 is 1.38 bits per heavy atom. The third-order valence-electron chi connectivity index (χ3n) is 2.97. The number of nitrogens with one attached hydrogen (secondary N) is 1. The Kier molecular flexibility index (Phi) is 3.41. The van der Waals surface area contributed by atoms with Crippen molar-refractivity contribution < 1.29 is 9.50 Å². The predicted octanol–water partition coefficient (Wildman–Crippen LogP) is 1.24. The Balaban J connectivity index is 2.11. The number of phenolic OH excluding ortho intramolecular Hbond substituents is 1. The first kappa shape index (κ1) is 11.4. The zero-order valence-corrected chi connectivity index (χ0v) is 9.46. The van der Waals surface area contributed by atoms with Crippen LogP contribution in [0.15, 0.2) is 12.1 Å². The van der Waals surface area contributed by atoms with E-state index in [-0.39, 0.29) is 11.6 Å². The molecular formula is C12H17FN2O. The van der Waals surface area contributed by atoms with Gasteiger partial charge in [-0.25, -0.2) is 4.39 Å². The van der Waals surface area contributed by atoms with Gasteiger partial charge in [-0.15, -0.1) is 0 Å². The number of hydrogen-bond donors (Lipinski definition) is 2. The highest BCUT2D eigenvalue weighted by molar-refractivity contribution is 5.36. The highest BCUT2D eigenvalue weighted by atomic mass is 19.1. The largest absolute Gasteiger partial charge is 0.508 e. The highest BCUT2D eigenvalue weighted by Gasteiger charge is 2.13. The third kappa shape index (κ3) is 2.51. The zero-order valence-electron chi connectivity index (χ0n) is 9.46. The normalized spacial score (nSPS) is 17.6. The van der Waals surface area contributed by atoms with Crippen LogP contribution in [-0.2, 0) is 6.54 Å². The number of aryl methyl sites for hydroxylation is 1. The zero-order chi connectivity index (χ0) is 11.5. The fourth-order valence-corrected chi connectivity index (χ4v) is 1.94. The second-order valence-corrected chi connectivity index (χ2v) is 4.26. The summed E-state index contributed by atoms with van der Waals surface area (Å²) in [6, 6.07) is 2.93. The monoisotopic (exact) mass is 224 g/mol. The number of hydrogen-bond acceptors (Lipinski definition) is 3. The van der Waals surface area contributed by atoms with Crippen molar-refractivity contribution in [3.63, 3.8) is 0 Å². The van der Waals surface area contributed by atoms with E-state index in [2.05, 4.69) is 10.2 Å². The second kappa shape index (κ2) is 4.80. The van der Waals surface area contributed by atoms with Gasteiger partial charge < -0.3 is 10.4 Å². The van der Waals surface area contributed by atoms with Crippen molar-refractivity contribution in [2.24, 2.45) is 0 Å². The average Bonchev–Trinajstić information content (AvgIpc) is 2.27. The summed E-state index contributed by atoms with van der Waals surface area (Å²) in [7, 11) is 0. The van der Waals surface area contributed by atoms with Crippen LogP contribution in [0, 0.1) is 12.7 Å². The maximum Gasteiger partial charge on any atom is 0.128 e. The van der Waals surface area contributed by atoms with E-state index in [1.54, 1.807) is 6.92 Å². The summed E-state index contributed by atoms with van der Waals surface area (Å²) in [5.41, 5.74) is 1.16. The molecular weight excluding hydrogens is 207 g/mol. The molecule has 1 fully saturated rings. The Bertz CT molecular complexity index is 376. The Morgan fingerprint density at radius 3 is 2.75 bits per heavy atom.